The summed E-state index contributed by atoms with van der Waals surface area (Å²) in [5.74, 6) is -0.296. The van der Waals surface area contributed by atoms with Crippen LogP contribution in [0, 0.1) is 0 Å². The molecule has 2 aliphatic rings. The Hall–Kier alpha value is -1.67. The van der Waals surface area contributed by atoms with Gasteiger partial charge in [0.2, 0.25) is 5.91 Å². The van der Waals surface area contributed by atoms with Gasteiger partial charge in [-0.1, -0.05) is 12.8 Å². The van der Waals surface area contributed by atoms with Gasteiger partial charge < -0.3 is 19.7 Å². The summed E-state index contributed by atoms with van der Waals surface area (Å²) in [7, 11) is 3.15. The Morgan fingerprint density at radius 3 is 2.29 bits per heavy atom. The first-order chi connectivity index (χ1) is 11.5. The van der Waals surface area contributed by atoms with Crippen LogP contribution in [0.15, 0.2) is 0 Å². The van der Waals surface area contributed by atoms with Crippen molar-refractivity contribution >= 4 is 17.8 Å². The molecule has 0 aromatic rings. The molecule has 1 aliphatic heterocycles. The molecule has 8 heteroatoms. The third-order valence-electron chi connectivity index (χ3n) is 4.74. The van der Waals surface area contributed by atoms with Gasteiger partial charge in [-0.3, -0.25) is 14.5 Å². The van der Waals surface area contributed by atoms with Gasteiger partial charge in [-0.2, -0.15) is 0 Å². The molecule has 1 saturated heterocycles. The highest BCUT2D eigenvalue weighted by Crippen LogP contribution is 2.35. The summed E-state index contributed by atoms with van der Waals surface area (Å²) in [4.78, 5) is 39.9. The normalized spacial score (nSPS) is 19.2. The van der Waals surface area contributed by atoms with Crippen molar-refractivity contribution in [2.75, 3.05) is 47.1 Å². The van der Waals surface area contributed by atoms with Gasteiger partial charge >= 0.3 is 6.03 Å². The SMILES string of the molecule is COCCN(CCOC)C(=O)CCN1C(=O)NC2(CCCC2)C1=O. The molecule has 8 nitrogen and oxygen atoms in total. The quantitative estimate of drug-likeness (QED) is 0.612. The molecule has 0 radical (unpaired) electrons. The molecule has 0 aromatic heterocycles. The minimum atomic E-state index is -0.716. The molecule has 4 amide bonds. The molecule has 1 saturated carbocycles. The number of nitrogens with one attached hydrogen (secondary N) is 1. The predicted molar refractivity (Wildman–Crippen MR) is 86.4 cm³/mol. The van der Waals surface area contributed by atoms with Gasteiger partial charge in [-0.05, 0) is 12.8 Å². The molecule has 2 rings (SSSR count). The van der Waals surface area contributed by atoms with Crippen LogP contribution in [-0.4, -0.2) is 80.3 Å². The first-order valence-corrected chi connectivity index (χ1v) is 8.44. The molecule has 0 bridgehead atoms. The van der Waals surface area contributed by atoms with Crippen LogP contribution in [0.5, 0.6) is 0 Å². The van der Waals surface area contributed by atoms with E-state index in [4.69, 9.17) is 9.47 Å². The fraction of sp³-hybridized carbons (Fsp3) is 0.812. The molecule has 1 spiro atoms. The zero-order valence-corrected chi connectivity index (χ0v) is 14.5. The van der Waals surface area contributed by atoms with Gasteiger partial charge in [0.1, 0.15) is 5.54 Å². The molecule has 0 aromatic carbocycles. The van der Waals surface area contributed by atoms with Crippen molar-refractivity contribution in [3.8, 4) is 0 Å². The molecule has 2 fully saturated rings. The molecular weight excluding hydrogens is 314 g/mol. The monoisotopic (exact) mass is 341 g/mol. The Bertz CT molecular complexity index is 468. The fourth-order valence-electron chi connectivity index (χ4n) is 3.33. The van der Waals surface area contributed by atoms with E-state index in [9.17, 15) is 14.4 Å². The van der Waals surface area contributed by atoms with Gasteiger partial charge in [0.25, 0.3) is 5.91 Å². The van der Waals surface area contributed by atoms with Gasteiger partial charge in [-0.25, -0.2) is 4.79 Å². The lowest BCUT2D eigenvalue weighted by molar-refractivity contribution is -0.134. The van der Waals surface area contributed by atoms with Crippen molar-refractivity contribution in [3.63, 3.8) is 0 Å². The Morgan fingerprint density at radius 1 is 1.17 bits per heavy atom. The maximum absolute atomic E-state index is 12.5. The molecule has 136 valence electrons. The number of hydrogen-bond acceptors (Lipinski definition) is 5. The minimum absolute atomic E-state index is 0.113. The average molecular weight is 341 g/mol. The number of methoxy groups -OCH3 is 2. The van der Waals surface area contributed by atoms with Crippen molar-refractivity contribution in [2.24, 2.45) is 0 Å². The summed E-state index contributed by atoms with van der Waals surface area (Å²) >= 11 is 0. The molecule has 24 heavy (non-hydrogen) atoms. The van der Waals surface area contributed by atoms with Crippen molar-refractivity contribution < 1.29 is 23.9 Å². The topological polar surface area (TPSA) is 88.2 Å². The number of urea groups is 1. The third kappa shape index (κ3) is 4.05. The van der Waals surface area contributed by atoms with E-state index in [1.165, 1.54) is 4.90 Å². The lowest BCUT2D eigenvalue weighted by Crippen LogP contribution is -2.44. The van der Waals surface area contributed by atoms with Crippen LogP contribution >= 0.6 is 0 Å². The summed E-state index contributed by atoms with van der Waals surface area (Å²) in [6.07, 6.45) is 3.38. The summed E-state index contributed by atoms with van der Waals surface area (Å²) in [6, 6.07) is -0.380. The predicted octanol–water partition coefficient (Wildman–Crippen LogP) is 0.363. The largest absolute Gasteiger partial charge is 0.383 e. The van der Waals surface area contributed by atoms with E-state index in [0.29, 0.717) is 39.1 Å². The van der Waals surface area contributed by atoms with E-state index in [2.05, 4.69) is 5.32 Å². The lowest BCUT2D eigenvalue weighted by Gasteiger charge is -2.23. The second-order valence-electron chi connectivity index (χ2n) is 6.29. The number of amides is 4. The average Bonchev–Trinajstić information content (AvgIpc) is 3.12. The highest BCUT2D eigenvalue weighted by atomic mass is 16.5. The highest BCUT2D eigenvalue weighted by Gasteiger charge is 2.52. The van der Waals surface area contributed by atoms with Crippen LogP contribution in [0.25, 0.3) is 0 Å². The third-order valence-corrected chi connectivity index (χ3v) is 4.74. The van der Waals surface area contributed by atoms with Crippen LogP contribution < -0.4 is 5.32 Å². The minimum Gasteiger partial charge on any atom is -0.383 e. The van der Waals surface area contributed by atoms with Crippen molar-refractivity contribution in [2.45, 2.75) is 37.6 Å². The van der Waals surface area contributed by atoms with Crippen LogP contribution in [0.4, 0.5) is 4.79 Å². The molecular formula is C16H27N3O5. The number of carbonyl (C=O) groups is 3. The van der Waals surface area contributed by atoms with E-state index in [1.54, 1.807) is 19.1 Å². The molecule has 1 aliphatic carbocycles. The van der Waals surface area contributed by atoms with E-state index < -0.39 is 5.54 Å². The Balaban J connectivity index is 1.89. The summed E-state index contributed by atoms with van der Waals surface area (Å²) in [5, 5.41) is 2.82. The number of ether oxygens (including phenoxy) is 2. The van der Waals surface area contributed by atoms with E-state index in [-0.39, 0.29) is 30.8 Å². The Morgan fingerprint density at radius 2 is 1.75 bits per heavy atom. The van der Waals surface area contributed by atoms with E-state index in [1.807, 2.05) is 0 Å². The molecule has 1 heterocycles. The summed E-state index contributed by atoms with van der Waals surface area (Å²) < 4.78 is 10.0. The zero-order chi connectivity index (χ0) is 17.6. The molecule has 1 N–H and O–H groups in total. The zero-order valence-electron chi connectivity index (χ0n) is 14.5. The number of nitrogens with zero attached hydrogens (tertiary/aromatic N) is 2. The van der Waals surface area contributed by atoms with Gasteiger partial charge in [0.05, 0.1) is 13.2 Å². The van der Waals surface area contributed by atoms with Crippen LogP contribution in [0.3, 0.4) is 0 Å². The Kier molecular flexibility index (Phi) is 6.56. The van der Waals surface area contributed by atoms with Gasteiger partial charge in [-0.15, -0.1) is 0 Å². The first-order valence-electron chi connectivity index (χ1n) is 8.44. The second kappa shape index (κ2) is 8.43. The maximum Gasteiger partial charge on any atom is 0.325 e. The highest BCUT2D eigenvalue weighted by molar-refractivity contribution is 6.07. The summed E-state index contributed by atoms with van der Waals surface area (Å²) in [6.45, 7) is 1.90. The smallest absolute Gasteiger partial charge is 0.325 e. The fourth-order valence-corrected chi connectivity index (χ4v) is 3.33. The van der Waals surface area contributed by atoms with Crippen molar-refractivity contribution in [1.82, 2.24) is 15.1 Å². The number of hydrogen-bond donors (Lipinski definition) is 1. The van der Waals surface area contributed by atoms with E-state index in [0.717, 1.165) is 12.8 Å². The maximum atomic E-state index is 12.5. The second-order valence-corrected chi connectivity index (χ2v) is 6.29. The molecule has 0 unspecified atom stereocenters. The van der Waals surface area contributed by atoms with Crippen LogP contribution in [-0.2, 0) is 19.1 Å². The van der Waals surface area contributed by atoms with Crippen molar-refractivity contribution in [3.05, 3.63) is 0 Å². The standard InChI is InChI=1S/C16H27N3O5/c1-23-11-9-18(10-12-24-2)13(20)5-8-19-14(21)16(17-15(19)22)6-3-4-7-16/h3-12H2,1-2H3,(H,17,22). The molecule has 0 atom stereocenters. The van der Waals surface area contributed by atoms with Crippen LogP contribution in [0.2, 0.25) is 0 Å². The number of rotatable bonds is 9. The number of imide groups is 1. The lowest BCUT2D eigenvalue weighted by atomic mass is 9.98. The number of carbonyl (C=O) groups excluding carboxylic acids is 3. The van der Waals surface area contributed by atoms with Crippen LogP contribution in [0.1, 0.15) is 32.1 Å². The van der Waals surface area contributed by atoms with Crippen molar-refractivity contribution in [1.29, 1.82) is 0 Å². The Labute approximate surface area is 142 Å². The van der Waals surface area contributed by atoms with Gasteiger partial charge in [0.15, 0.2) is 0 Å². The van der Waals surface area contributed by atoms with E-state index >= 15 is 0 Å². The summed E-state index contributed by atoms with van der Waals surface area (Å²) in [5.41, 5.74) is -0.716. The first kappa shape index (κ1) is 18.7. The van der Waals surface area contributed by atoms with Gasteiger partial charge in [0, 0.05) is 40.3 Å².